The number of nitrogens with zero attached hydrogens (tertiary/aromatic N) is 5. The highest BCUT2D eigenvalue weighted by Gasteiger charge is 2.36. The van der Waals surface area contributed by atoms with Gasteiger partial charge in [0, 0.05) is 46.9 Å². The lowest BCUT2D eigenvalue weighted by Crippen LogP contribution is -2.47. The van der Waals surface area contributed by atoms with E-state index >= 15 is 0 Å². The molecule has 2 N–H and O–H groups in total. The summed E-state index contributed by atoms with van der Waals surface area (Å²) < 4.78 is 12.8. The Hall–Kier alpha value is -0.980. The van der Waals surface area contributed by atoms with Crippen LogP contribution in [0.1, 0.15) is 43.8 Å². The second kappa shape index (κ2) is 13.5. The number of guanidine groups is 1. The first kappa shape index (κ1) is 26.3. The summed E-state index contributed by atoms with van der Waals surface area (Å²) in [7, 11) is 3.77. The molecule has 2 fully saturated rings. The van der Waals surface area contributed by atoms with Crippen molar-refractivity contribution in [3.05, 3.63) is 11.6 Å². The number of aromatic nitrogens is 3. The molecule has 31 heavy (non-hydrogen) atoms. The third-order valence-electron chi connectivity index (χ3n) is 6.49. The molecule has 2 aliphatic rings. The number of methoxy groups -OCH3 is 1. The van der Waals surface area contributed by atoms with E-state index < -0.39 is 0 Å². The highest BCUT2D eigenvalue weighted by Crippen LogP contribution is 2.43. The summed E-state index contributed by atoms with van der Waals surface area (Å²) in [4.78, 5) is 7.26. The van der Waals surface area contributed by atoms with Gasteiger partial charge >= 0.3 is 0 Å². The Kier molecular flexibility index (Phi) is 11.5. The van der Waals surface area contributed by atoms with Crippen LogP contribution in [0.4, 0.5) is 0 Å². The predicted octanol–water partition coefficient (Wildman–Crippen LogP) is 1.71. The zero-order valence-electron chi connectivity index (χ0n) is 19.4. The van der Waals surface area contributed by atoms with E-state index in [9.17, 15) is 0 Å². The highest BCUT2D eigenvalue weighted by atomic mass is 127. The van der Waals surface area contributed by atoms with Gasteiger partial charge in [-0.15, -0.1) is 34.2 Å². The molecule has 0 aromatic carbocycles. The normalized spacial score (nSPS) is 18.9. The fourth-order valence-electron chi connectivity index (χ4n) is 4.03. The van der Waals surface area contributed by atoms with E-state index in [0.29, 0.717) is 12.0 Å². The summed E-state index contributed by atoms with van der Waals surface area (Å²) in [5.41, 5.74) is 0.341. The standard InChI is InChI=1S/C21H39N7O2.HI/c1-18-25-26-19(27(18)2)16-23-20(22-9-5-10-28-11-14-30-15-12-28)24-17-21(6-4-7-21)8-13-29-3;/h4-17H2,1-3H3,(H2,22,23,24);1H. The fourth-order valence-corrected chi connectivity index (χ4v) is 4.03. The fraction of sp³-hybridized carbons (Fsp3) is 0.857. The van der Waals surface area contributed by atoms with Crippen LogP contribution in [0.15, 0.2) is 4.99 Å². The second-order valence-electron chi connectivity index (χ2n) is 8.57. The van der Waals surface area contributed by atoms with Crippen LogP contribution in [0.5, 0.6) is 0 Å². The first-order valence-corrected chi connectivity index (χ1v) is 11.3. The number of halogens is 1. The molecule has 1 aliphatic carbocycles. The van der Waals surface area contributed by atoms with Gasteiger partial charge in [-0.3, -0.25) is 4.90 Å². The molecular formula is C21H40IN7O2. The molecular weight excluding hydrogens is 509 g/mol. The Bertz CT molecular complexity index is 673. The maximum absolute atomic E-state index is 5.43. The Morgan fingerprint density at radius 3 is 2.61 bits per heavy atom. The van der Waals surface area contributed by atoms with Crippen molar-refractivity contribution in [1.29, 1.82) is 0 Å². The number of ether oxygens (including phenoxy) is 2. The number of morpholine rings is 1. The number of aliphatic imine (C=N–C) groups is 1. The molecule has 3 rings (SSSR count). The maximum Gasteiger partial charge on any atom is 0.191 e. The Morgan fingerprint density at radius 2 is 2.00 bits per heavy atom. The van der Waals surface area contributed by atoms with E-state index in [1.807, 2.05) is 18.5 Å². The maximum atomic E-state index is 5.43. The third-order valence-corrected chi connectivity index (χ3v) is 6.49. The van der Waals surface area contributed by atoms with Gasteiger partial charge in [-0.2, -0.15) is 0 Å². The summed E-state index contributed by atoms with van der Waals surface area (Å²) >= 11 is 0. The van der Waals surface area contributed by atoms with Gasteiger partial charge in [-0.05, 0) is 44.6 Å². The van der Waals surface area contributed by atoms with Gasteiger partial charge in [0.1, 0.15) is 12.4 Å². The van der Waals surface area contributed by atoms with Crippen LogP contribution < -0.4 is 10.6 Å². The summed E-state index contributed by atoms with van der Waals surface area (Å²) in [6, 6.07) is 0. The lowest BCUT2D eigenvalue weighted by atomic mass is 9.67. The summed E-state index contributed by atoms with van der Waals surface area (Å²) in [6.45, 7) is 9.98. The van der Waals surface area contributed by atoms with Crippen molar-refractivity contribution in [3.63, 3.8) is 0 Å². The lowest BCUT2D eigenvalue weighted by molar-refractivity contribution is 0.0376. The average Bonchev–Trinajstić information content (AvgIpc) is 3.06. The van der Waals surface area contributed by atoms with Crippen molar-refractivity contribution in [2.75, 3.05) is 59.7 Å². The van der Waals surface area contributed by atoms with Gasteiger partial charge in [-0.1, -0.05) is 6.42 Å². The Labute approximate surface area is 203 Å². The van der Waals surface area contributed by atoms with Crippen LogP contribution in [0, 0.1) is 12.3 Å². The van der Waals surface area contributed by atoms with E-state index in [1.165, 1.54) is 19.3 Å². The van der Waals surface area contributed by atoms with Crippen LogP contribution in [-0.4, -0.2) is 85.3 Å². The van der Waals surface area contributed by atoms with Gasteiger partial charge in [0.15, 0.2) is 11.8 Å². The van der Waals surface area contributed by atoms with Crippen molar-refractivity contribution in [2.24, 2.45) is 17.5 Å². The van der Waals surface area contributed by atoms with Crippen molar-refractivity contribution in [2.45, 2.75) is 45.6 Å². The molecule has 1 saturated carbocycles. The molecule has 0 spiro atoms. The van der Waals surface area contributed by atoms with E-state index in [0.717, 1.165) is 83.0 Å². The number of rotatable bonds is 11. The highest BCUT2D eigenvalue weighted by molar-refractivity contribution is 14.0. The third kappa shape index (κ3) is 8.14. The number of hydrogen-bond acceptors (Lipinski definition) is 6. The molecule has 0 bridgehead atoms. The topological polar surface area (TPSA) is 88.8 Å². The molecule has 0 amide bonds. The largest absolute Gasteiger partial charge is 0.385 e. The molecule has 0 radical (unpaired) electrons. The van der Waals surface area contributed by atoms with Crippen LogP contribution >= 0.6 is 24.0 Å². The van der Waals surface area contributed by atoms with Gasteiger partial charge in [0.25, 0.3) is 0 Å². The van der Waals surface area contributed by atoms with E-state index in [4.69, 9.17) is 14.5 Å². The van der Waals surface area contributed by atoms with Gasteiger partial charge in [-0.25, -0.2) is 4.99 Å². The van der Waals surface area contributed by atoms with Crippen molar-refractivity contribution in [3.8, 4) is 0 Å². The summed E-state index contributed by atoms with van der Waals surface area (Å²) in [5.74, 6) is 2.64. The van der Waals surface area contributed by atoms with Gasteiger partial charge in [0.2, 0.25) is 0 Å². The zero-order valence-corrected chi connectivity index (χ0v) is 21.7. The average molecular weight is 550 g/mol. The molecule has 1 aliphatic heterocycles. The molecule has 10 heteroatoms. The van der Waals surface area contributed by atoms with Crippen LogP contribution in [-0.2, 0) is 23.1 Å². The van der Waals surface area contributed by atoms with Crippen LogP contribution in [0.3, 0.4) is 0 Å². The van der Waals surface area contributed by atoms with Gasteiger partial charge < -0.3 is 24.7 Å². The quantitative estimate of drug-likeness (QED) is 0.188. The molecule has 178 valence electrons. The van der Waals surface area contributed by atoms with E-state index in [2.05, 4.69) is 25.7 Å². The minimum absolute atomic E-state index is 0. The van der Waals surface area contributed by atoms with Crippen molar-refractivity contribution in [1.82, 2.24) is 30.3 Å². The van der Waals surface area contributed by atoms with Gasteiger partial charge in [0.05, 0.1) is 13.2 Å². The first-order valence-electron chi connectivity index (χ1n) is 11.3. The molecule has 0 unspecified atom stereocenters. The zero-order chi connectivity index (χ0) is 21.2. The first-order chi connectivity index (χ1) is 14.6. The van der Waals surface area contributed by atoms with Crippen molar-refractivity contribution < 1.29 is 9.47 Å². The molecule has 1 aromatic rings. The molecule has 1 saturated heterocycles. The SMILES string of the molecule is COCCC1(CNC(=NCc2nnc(C)n2C)NCCCN2CCOCC2)CCC1.I. The summed E-state index contributed by atoms with van der Waals surface area (Å²) in [6.07, 6.45) is 6.01. The number of nitrogens with one attached hydrogen (secondary N) is 2. The monoisotopic (exact) mass is 549 g/mol. The van der Waals surface area contributed by atoms with E-state index in [1.54, 1.807) is 7.11 Å². The molecule has 9 nitrogen and oxygen atoms in total. The molecule has 2 heterocycles. The molecule has 1 aromatic heterocycles. The summed E-state index contributed by atoms with van der Waals surface area (Å²) in [5, 5.41) is 15.5. The van der Waals surface area contributed by atoms with Crippen LogP contribution in [0.25, 0.3) is 0 Å². The second-order valence-corrected chi connectivity index (χ2v) is 8.57. The van der Waals surface area contributed by atoms with E-state index in [-0.39, 0.29) is 24.0 Å². The lowest BCUT2D eigenvalue weighted by Gasteiger charge is -2.42. The van der Waals surface area contributed by atoms with Crippen LogP contribution in [0.2, 0.25) is 0 Å². The number of aryl methyl sites for hydroxylation is 1. The number of hydrogen-bond donors (Lipinski definition) is 2. The Balaban J connectivity index is 0.00000341. The van der Waals surface area contributed by atoms with Crippen molar-refractivity contribution >= 4 is 29.9 Å². The minimum atomic E-state index is 0. The smallest absolute Gasteiger partial charge is 0.191 e. The predicted molar refractivity (Wildman–Crippen MR) is 133 cm³/mol. The Morgan fingerprint density at radius 1 is 1.23 bits per heavy atom. The minimum Gasteiger partial charge on any atom is -0.385 e. The molecule has 0 atom stereocenters.